The third kappa shape index (κ3) is 4.42. The number of nitrogens with zero attached hydrogens (tertiary/aromatic N) is 2. The molecule has 0 saturated carbocycles. The van der Waals surface area contributed by atoms with Crippen LogP contribution in [0.15, 0.2) is 54.7 Å². The molecular formula is C27H33N3O4. The number of hydrogen-bond donors (Lipinski definition) is 1. The first-order valence-electron chi connectivity index (χ1n) is 11.4. The van der Waals surface area contributed by atoms with Gasteiger partial charge in [-0.05, 0) is 52.9 Å². The molecule has 2 heterocycles. The Labute approximate surface area is 201 Å². The van der Waals surface area contributed by atoms with Crippen molar-refractivity contribution in [2.75, 3.05) is 33.2 Å². The summed E-state index contributed by atoms with van der Waals surface area (Å²) >= 11 is 0. The average Bonchev–Trinajstić information content (AvgIpc) is 3.31. The van der Waals surface area contributed by atoms with E-state index in [9.17, 15) is 4.79 Å². The number of carbonyl (C=O) groups excluding carboxylic acids is 1. The zero-order chi connectivity index (χ0) is 24.5. The number of rotatable bonds is 5. The van der Waals surface area contributed by atoms with Crippen molar-refractivity contribution in [2.45, 2.75) is 38.8 Å². The lowest BCUT2D eigenvalue weighted by atomic mass is 9.87. The molecule has 1 unspecified atom stereocenters. The number of nitrogens with one attached hydrogen (secondary N) is 1. The van der Waals surface area contributed by atoms with Crippen molar-refractivity contribution in [2.24, 2.45) is 0 Å². The van der Waals surface area contributed by atoms with Crippen LogP contribution in [0.4, 0.5) is 10.5 Å². The fourth-order valence-electron chi connectivity index (χ4n) is 4.46. The monoisotopic (exact) mass is 463 g/mol. The molecule has 0 fully saturated rings. The van der Waals surface area contributed by atoms with Gasteiger partial charge in [-0.3, -0.25) is 0 Å². The zero-order valence-corrected chi connectivity index (χ0v) is 20.7. The molecule has 7 nitrogen and oxygen atoms in total. The summed E-state index contributed by atoms with van der Waals surface area (Å²) in [4.78, 5) is 15.4. The summed E-state index contributed by atoms with van der Waals surface area (Å²) in [5.41, 5.74) is 3.95. The fraction of sp³-hybridized carbons (Fsp3) is 0.370. The van der Waals surface area contributed by atoms with Gasteiger partial charge in [0.15, 0.2) is 11.5 Å². The van der Waals surface area contributed by atoms with Gasteiger partial charge < -0.3 is 29.0 Å². The summed E-state index contributed by atoms with van der Waals surface area (Å²) in [7, 11) is 4.77. The van der Waals surface area contributed by atoms with E-state index in [1.54, 1.807) is 21.3 Å². The highest BCUT2D eigenvalue weighted by atomic mass is 16.5. The topological polar surface area (TPSA) is 65.0 Å². The average molecular weight is 464 g/mol. The highest BCUT2D eigenvalue weighted by Crippen LogP contribution is 2.43. The third-order valence-corrected chi connectivity index (χ3v) is 6.30. The van der Waals surface area contributed by atoms with Crippen LogP contribution in [0.2, 0.25) is 0 Å². The molecule has 2 amide bonds. The zero-order valence-electron chi connectivity index (χ0n) is 20.7. The molecule has 1 aliphatic heterocycles. The van der Waals surface area contributed by atoms with E-state index in [2.05, 4.69) is 42.8 Å². The van der Waals surface area contributed by atoms with E-state index in [0.29, 0.717) is 23.8 Å². The van der Waals surface area contributed by atoms with Crippen molar-refractivity contribution < 1.29 is 19.0 Å². The number of benzene rings is 2. The SMILES string of the molecule is COc1cc(C2c3cccn3CCN2C(=O)Nc2ccc(C(C)(C)C)cc2)cc(OC)c1OC. The maximum absolute atomic E-state index is 13.5. The quantitative estimate of drug-likeness (QED) is 0.547. The second-order valence-corrected chi connectivity index (χ2v) is 9.44. The van der Waals surface area contributed by atoms with Crippen LogP contribution in [0.3, 0.4) is 0 Å². The molecule has 3 aromatic rings. The number of amides is 2. The summed E-state index contributed by atoms with van der Waals surface area (Å²) in [6, 6.07) is 15.4. The van der Waals surface area contributed by atoms with Crippen molar-refractivity contribution in [3.8, 4) is 17.2 Å². The molecule has 1 atom stereocenters. The Morgan fingerprint density at radius 1 is 0.941 bits per heavy atom. The molecule has 0 radical (unpaired) electrons. The minimum absolute atomic E-state index is 0.0540. The minimum Gasteiger partial charge on any atom is -0.493 e. The van der Waals surface area contributed by atoms with Crippen molar-refractivity contribution in [1.29, 1.82) is 0 Å². The molecule has 34 heavy (non-hydrogen) atoms. The second kappa shape index (κ2) is 9.33. The van der Waals surface area contributed by atoms with Gasteiger partial charge in [0, 0.05) is 30.7 Å². The van der Waals surface area contributed by atoms with Crippen molar-refractivity contribution in [3.63, 3.8) is 0 Å². The van der Waals surface area contributed by atoms with E-state index in [-0.39, 0.29) is 17.5 Å². The maximum atomic E-state index is 13.5. The lowest BCUT2D eigenvalue weighted by Gasteiger charge is -2.37. The number of hydrogen-bond acceptors (Lipinski definition) is 4. The smallest absolute Gasteiger partial charge is 0.322 e. The van der Waals surface area contributed by atoms with Crippen molar-refractivity contribution >= 4 is 11.7 Å². The number of aromatic nitrogens is 1. The molecule has 2 aromatic carbocycles. The van der Waals surface area contributed by atoms with Gasteiger partial charge in [0.1, 0.15) is 0 Å². The molecule has 7 heteroatoms. The molecular weight excluding hydrogens is 430 g/mol. The Balaban J connectivity index is 1.69. The van der Waals surface area contributed by atoms with Gasteiger partial charge in [-0.2, -0.15) is 0 Å². The Morgan fingerprint density at radius 2 is 1.59 bits per heavy atom. The first-order chi connectivity index (χ1) is 16.3. The summed E-state index contributed by atoms with van der Waals surface area (Å²) < 4.78 is 18.8. The number of ether oxygens (including phenoxy) is 3. The van der Waals surface area contributed by atoms with Gasteiger partial charge >= 0.3 is 6.03 Å². The highest BCUT2D eigenvalue weighted by molar-refractivity contribution is 5.90. The van der Waals surface area contributed by atoms with E-state index in [1.807, 2.05) is 47.5 Å². The van der Waals surface area contributed by atoms with Gasteiger partial charge in [0.2, 0.25) is 5.75 Å². The van der Waals surface area contributed by atoms with Crippen LogP contribution in [0.5, 0.6) is 17.2 Å². The third-order valence-electron chi connectivity index (χ3n) is 6.30. The predicted molar refractivity (Wildman–Crippen MR) is 133 cm³/mol. The molecule has 0 aliphatic carbocycles. The highest BCUT2D eigenvalue weighted by Gasteiger charge is 2.34. The molecule has 4 rings (SSSR count). The lowest BCUT2D eigenvalue weighted by Crippen LogP contribution is -2.44. The minimum atomic E-state index is -0.314. The number of carbonyl (C=O) groups is 1. The van der Waals surface area contributed by atoms with Gasteiger partial charge in [0.05, 0.1) is 27.4 Å². The summed E-state index contributed by atoms with van der Waals surface area (Å²) in [6.07, 6.45) is 2.04. The molecule has 0 saturated heterocycles. The largest absolute Gasteiger partial charge is 0.493 e. The van der Waals surface area contributed by atoms with Crippen LogP contribution in [0, 0.1) is 0 Å². The Morgan fingerprint density at radius 3 is 2.15 bits per heavy atom. The van der Waals surface area contributed by atoms with E-state index < -0.39 is 0 Å². The van der Waals surface area contributed by atoms with E-state index in [1.165, 1.54) is 5.56 Å². The standard InChI is InChI=1S/C27H33N3O4/c1-27(2,3)19-9-11-20(12-10-19)28-26(31)30-15-14-29-13-7-8-21(29)24(30)18-16-22(32-4)25(34-6)23(17-18)33-5/h7-13,16-17,24H,14-15H2,1-6H3,(H,28,31). The Bertz CT molecular complexity index is 1140. The van der Waals surface area contributed by atoms with E-state index in [4.69, 9.17) is 14.2 Å². The number of methoxy groups -OCH3 is 3. The Hall–Kier alpha value is -3.61. The van der Waals surface area contributed by atoms with Crippen molar-refractivity contribution in [3.05, 3.63) is 71.5 Å². The van der Waals surface area contributed by atoms with Crippen LogP contribution < -0.4 is 19.5 Å². The second-order valence-electron chi connectivity index (χ2n) is 9.44. The predicted octanol–water partition coefficient (Wildman–Crippen LogP) is 5.45. The van der Waals surface area contributed by atoms with E-state index >= 15 is 0 Å². The lowest BCUT2D eigenvalue weighted by molar-refractivity contribution is 0.181. The molecule has 1 N–H and O–H groups in total. The summed E-state index contributed by atoms with van der Waals surface area (Å²) in [6.45, 7) is 7.80. The number of urea groups is 1. The molecule has 1 aliphatic rings. The van der Waals surface area contributed by atoms with Crippen LogP contribution >= 0.6 is 0 Å². The van der Waals surface area contributed by atoms with Crippen LogP contribution in [0.25, 0.3) is 0 Å². The van der Waals surface area contributed by atoms with Gasteiger partial charge in [-0.1, -0.05) is 32.9 Å². The Kier molecular flexibility index (Phi) is 6.46. The molecule has 0 bridgehead atoms. The van der Waals surface area contributed by atoms with Gasteiger partial charge in [-0.15, -0.1) is 0 Å². The summed E-state index contributed by atoms with van der Waals surface area (Å²) in [5, 5.41) is 3.08. The molecule has 180 valence electrons. The van der Waals surface area contributed by atoms with E-state index in [0.717, 1.165) is 23.5 Å². The molecule has 0 spiro atoms. The summed E-state index contributed by atoms with van der Waals surface area (Å²) in [5.74, 6) is 1.63. The molecule has 1 aromatic heterocycles. The normalized spacial score (nSPS) is 15.5. The van der Waals surface area contributed by atoms with Crippen LogP contribution in [0.1, 0.15) is 43.6 Å². The first-order valence-corrected chi connectivity index (χ1v) is 11.4. The first kappa shape index (κ1) is 23.5. The number of fused-ring (bicyclic) bond motifs is 1. The number of anilines is 1. The van der Waals surface area contributed by atoms with Crippen LogP contribution in [-0.4, -0.2) is 43.4 Å². The van der Waals surface area contributed by atoms with Crippen molar-refractivity contribution in [1.82, 2.24) is 9.47 Å². The van der Waals surface area contributed by atoms with Crippen LogP contribution in [-0.2, 0) is 12.0 Å². The fourth-order valence-corrected chi connectivity index (χ4v) is 4.46. The maximum Gasteiger partial charge on any atom is 0.322 e. The van der Waals surface area contributed by atoms with Gasteiger partial charge in [0.25, 0.3) is 0 Å². The van der Waals surface area contributed by atoms with Gasteiger partial charge in [-0.25, -0.2) is 4.79 Å².